The molecule has 0 atom stereocenters. The molecule has 2 aliphatic rings. The predicted octanol–water partition coefficient (Wildman–Crippen LogP) is 1.96. The summed E-state index contributed by atoms with van der Waals surface area (Å²) >= 11 is 0. The molecule has 0 radical (unpaired) electrons. The topological polar surface area (TPSA) is 52.6 Å². The number of nitrogens with one attached hydrogen (secondary N) is 1. The zero-order chi connectivity index (χ0) is 15.3. The highest BCUT2D eigenvalue weighted by molar-refractivity contribution is 6.63. The first-order chi connectivity index (χ1) is 9.82. The second kappa shape index (κ2) is 4.88. The smallest absolute Gasteiger partial charge is 0.481 e. The van der Waals surface area contributed by atoms with Crippen molar-refractivity contribution in [2.75, 3.05) is 12.4 Å². The van der Waals surface area contributed by atoms with Crippen LogP contribution in [0.25, 0.3) is 0 Å². The van der Waals surface area contributed by atoms with Gasteiger partial charge in [0.2, 0.25) is 5.88 Å². The lowest BCUT2D eigenvalue weighted by atomic mass is 9.79. The highest BCUT2D eigenvalue weighted by atomic mass is 16.7. The summed E-state index contributed by atoms with van der Waals surface area (Å²) in [5.74, 6) is 0.551. The molecule has 0 amide bonds. The van der Waals surface area contributed by atoms with Gasteiger partial charge < -0.3 is 19.4 Å². The van der Waals surface area contributed by atoms with E-state index < -0.39 is 7.12 Å². The van der Waals surface area contributed by atoms with E-state index in [1.54, 1.807) is 13.3 Å². The zero-order valence-corrected chi connectivity index (χ0v) is 13.4. The van der Waals surface area contributed by atoms with E-state index >= 15 is 0 Å². The van der Waals surface area contributed by atoms with Crippen molar-refractivity contribution in [1.82, 2.24) is 4.98 Å². The maximum absolute atomic E-state index is 6.10. The Balaban J connectivity index is 1.89. The van der Waals surface area contributed by atoms with Gasteiger partial charge in [0.1, 0.15) is 0 Å². The van der Waals surface area contributed by atoms with Crippen molar-refractivity contribution in [2.45, 2.75) is 57.8 Å². The van der Waals surface area contributed by atoms with Crippen LogP contribution in [0.1, 0.15) is 40.5 Å². The summed E-state index contributed by atoms with van der Waals surface area (Å²) in [6, 6.07) is 2.60. The molecule has 2 fully saturated rings. The summed E-state index contributed by atoms with van der Waals surface area (Å²) in [7, 11) is 1.16. The molecule has 0 aromatic carbocycles. The number of nitrogens with zero attached hydrogens (tertiary/aromatic N) is 1. The zero-order valence-electron chi connectivity index (χ0n) is 13.4. The molecule has 1 aromatic rings. The van der Waals surface area contributed by atoms with Crippen molar-refractivity contribution in [2.24, 2.45) is 0 Å². The third-order valence-corrected chi connectivity index (χ3v) is 4.53. The number of pyridine rings is 1. The minimum atomic E-state index is -0.460. The molecule has 6 heteroatoms. The summed E-state index contributed by atoms with van der Waals surface area (Å²) in [6.07, 6.45) is 4.24. The van der Waals surface area contributed by atoms with Crippen LogP contribution in [-0.4, -0.2) is 36.5 Å². The minimum absolute atomic E-state index is 0.372. The van der Waals surface area contributed by atoms with E-state index in [0.29, 0.717) is 11.9 Å². The van der Waals surface area contributed by atoms with Crippen LogP contribution >= 0.6 is 0 Å². The molecular weight excluding hydrogens is 267 g/mol. The number of ether oxygens (including phenoxy) is 1. The van der Waals surface area contributed by atoms with Crippen LogP contribution in [0.2, 0.25) is 0 Å². The summed E-state index contributed by atoms with van der Waals surface area (Å²) in [4.78, 5) is 4.37. The van der Waals surface area contributed by atoms with Crippen LogP contribution in [0, 0.1) is 0 Å². The van der Waals surface area contributed by atoms with E-state index in [2.05, 4.69) is 10.3 Å². The van der Waals surface area contributed by atoms with E-state index in [4.69, 9.17) is 14.0 Å². The van der Waals surface area contributed by atoms with Gasteiger partial charge in [0.05, 0.1) is 30.2 Å². The highest BCUT2D eigenvalue weighted by Gasteiger charge is 2.52. The van der Waals surface area contributed by atoms with Gasteiger partial charge in [-0.25, -0.2) is 4.98 Å². The van der Waals surface area contributed by atoms with E-state index in [0.717, 1.165) is 11.2 Å². The molecule has 1 saturated heterocycles. The molecule has 1 aliphatic heterocycles. The van der Waals surface area contributed by atoms with Crippen molar-refractivity contribution in [3.63, 3.8) is 0 Å². The van der Waals surface area contributed by atoms with Gasteiger partial charge >= 0.3 is 7.12 Å². The molecule has 1 aromatic heterocycles. The molecule has 1 aliphatic carbocycles. The third kappa shape index (κ3) is 2.74. The second-order valence-electron chi connectivity index (χ2n) is 6.83. The molecule has 114 valence electrons. The van der Waals surface area contributed by atoms with Gasteiger partial charge in [-0.05, 0) is 46.6 Å². The number of rotatable bonds is 4. The number of hydrogen-bond acceptors (Lipinski definition) is 5. The fraction of sp³-hybridized carbons (Fsp3) is 0.667. The molecule has 0 bridgehead atoms. The average Bonchev–Trinajstić information content (AvgIpc) is 3.17. The van der Waals surface area contributed by atoms with Crippen LogP contribution in [0.15, 0.2) is 12.3 Å². The first kappa shape index (κ1) is 14.7. The Morgan fingerprint density at radius 1 is 1.24 bits per heavy atom. The predicted molar refractivity (Wildman–Crippen MR) is 83.1 cm³/mol. The van der Waals surface area contributed by atoms with Crippen molar-refractivity contribution in [1.29, 1.82) is 0 Å². The first-order valence-corrected chi connectivity index (χ1v) is 7.48. The van der Waals surface area contributed by atoms with Crippen LogP contribution < -0.4 is 15.5 Å². The highest BCUT2D eigenvalue weighted by Crippen LogP contribution is 2.37. The lowest BCUT2D eigenvalue weighted by Gasteiger charge is -2.32. The van der Waals surface area contributed by atoms with Crippen LogP contribution in [0.5, 0.6) is 5.88 Å². The third-order valence-electron chi connectivity index (χ3n) is 4.53. The van der Waals surface area contributed by atoms with Crippen LogP contribution in [0.4, 0.5) is 5.69 Å². The molecule has 0 spiro atoms. The van der Waals surface area contributed by atoms with Gasteiger partial charge in [0, 0.05) is 11.5 Å². The second-order valence-corrected chi connectivity index (χ2v) is 6.83. The fourth-order valence-electron chi connectivity index (χ4n) is 2.32. The van der Waals surface area contributed by atoms with Gasteiger partial charge in [-0.2, -0.15) is 0 Å². The van der Waals surface area contributed by atoms with E-state index in [-0.39, 0.29) is 11.2 Å². The summed E-state index contributed by atoms with van der Waals surface area (Å²) in [5, 5.41) is 3.44. The van der Waals surface area contributed by atoms with Gasteiger partial charge in [0.15, 0.2) is 0 Å². The Kier molecular flexibility index (Phi) is 3.41. The molecule has 1 N–H and O–H groups in total. The summed E-state index contributed by atoms with van der Waals surface area (Å²) in [6.45, 7) is 8.16. The monoisotopic (exact) mass is 290 g/mol. The van der Waals surface area contributed by atoms with E-state index in [9.17, 15) is 0 Å². The number of anilines is 1. The maximum atomic E-state index is 6.10. The summed E-state index contributed by atoms with van der Waals surface area (Å²) in [5.41, 5.74) is 1.08. The van der Waals surface area contributed by atoms with Crippen LogP contribution in [0.3, 0.4) is 0 Å². The van der Waals surface area contributed by atoms with Gasteiger partial charge in [0.25, 0.3) is 0 Å². The Morgan fingerprint density at radius 2 is 1.86 bits per heavy atom. The molecule has 21 heavy (non-hydrogen) atoms. The van der Waals surface area contributed by atoms with Gasteiger partial charge in [-0.3, -0.25) is 0 Å². The largest absolute Gasteiger partial charge is 0.500 e. The maximum Gasteiger partial charge on any atom is 0.500 e. The van der Waals surface area contributed by atoms with E-state index in [1.807, 2.05) is 33.8 Å². The standard InChI is InChI=1S/C15H23BN2O3/c1-14(2)15(3,4)21-16(20-14)12-8-11(18-10-6-7-10)9-17-13(12)19-5/h8-10,18H,6-7H2,1-5H3. The normalized spacial score (nSPS) is 23.2. The molecule has 0 unspecified atom stereocenters. The quantitative estimate of drug-likeness (QED) is 0.859. The lowest BCUT2D eigenvalue weighted by molar-refractivity contribution is 0.00578. The van der Waals surface area contributed by atoms with Gasteiger partial charge in [-0.1, -0.05) is 0 Å². The minimum Gasteiger partial charge on any atom is -0.481 e. The SMILES string of the molecule is COc1ncc(NC2CC2)cc1B1OC(C)(C)C(C)(C)O1. The Morgan fingerprint density at radius 3 is 2.38 bits per heavy atom. The number of aromatic nitrogens is 1. The van der Waals surface area contributed by atoms with Crippen molar-refractivity contribution in [3.05, 3.63) is 12.3 Å². The fourth-order valence-corrected chi connectivity index (χ4v) is 2.32. The first-order valence-electron chi connectivity index (χ1n) is 7.48. The molecule has 3 rings (SSSR count). The number of hydrogen-bond donors (Lipinski definition) is 1. The van der Waals surface area contributed by atoms with Crippen LogP contribution in [-0.2, 0) is 9.31 Å². The molecule has 5 nitrogen and oxygen atoms in total. The lowest BCUT2D eigenvalue weighted by Crippen LogP contribution is -2.41. The summed E-state index contributed by atoms with van der Waals surface area (Å²) < 4.78 is 17.6. The molecule has 1 saturated carbocycles. The molecular formula is C15H23BN2O3. The molecule has 2 heterocycles. The average molecular weight is 290 g/mol. The Bertz CT molecular complexity index is 528. The Labute approximate surface area is 126 Å². The number of methoxy groups -OCH3 is 1. The van der Waals surface area contributed by atoms with Crippen molar-refractivity contribution in [3.8, 4) is 5.88 Å². The van der Waals surface area contributed by atoms with Gasteiger partial charge in [-0.15, -0.1) is 0 Å². The van der Waals surface area contributed by atoms with Crippen molar-refractivity contribution < 1.29 is 14.0 Å². The van der Waals surface area contributed by atoms with Crippen molar-refractivity contribution >= 4 is 18.3 Å². The van der Waals surface area contributed by atoms with E-state index in [1.165, 1.54) is 12.8 Å². The Hall–Kier alpha value is -1.27.